The molecule has 0 radical (unpaired) electrons. The van der Waals surface area contributed by atoms with Gasteiger partial charge in [-0.3, -0.25) is 19.4 Å². The molecular formula is C21H27N5O3. The van der Waals surface area contributed by atoms with Gasteiger partial charge in [0, 0.05) is 51.8 Å². The summed E-state index contributed by atoms with van der Waals surface area (Å²) in [5.41, 5.74) is 2.41. The van der Waals surface area contributed by atoms with E-state index in [1.165, 1.54) is 0 Å². The molecule has 2 saturated heterocycles. The Labute approximate surface area is 170 Å². The van der Waals surface area contributed by atoms with Crippen LogP contribution in [0, 0.1) is 0 Å². The van der Waals surface area contributed by atoms with E-state index < -0.39 is 0 Å². The second-order valence-corrected chi connectivity index (χ2v) is 7.63. The minimum absolute atomic E-state index is 0.0472. The first-order valence-electron chi connectivity index (χ1n) is 10.2. The first kappa shape index (κ1) is 19.6. The van der Waals surface area contributed by atoms with Gasteiger partial charge in [-0.2, -0.15) is 0 Å². The Balaban J connectivity index is 1.34. The molecule has 1 aromatic carbocycles. The average Bonchev–Trinajstić information content (AvgIpc) is 3.40. The van der Waals surface area contributed by atoms with Crippen LogP contribution in [0.5, 0.6) is 0 Å². The summed E-state index contributed by atoms with van der Waals surface area (Å²) in [6.07, 6.45) is 3.01. The first-order chi connectivity index (χ1) is 14.1. The molecular weight excluding hydrogens is 370 g/mol. The number of amides is 2. The van der Waals surface area contributed by atoms with Crippen molar-refractivity contribution in [2.24, 2.45) is 0 Å². The Bertz CT molecular complexity index is 846. The van der Waals surface area contributed by atoms with Gasteiger partial charge in [0.15, 0.2) is 0 Å². The highest BCUT2D eigenvalue weighted by Crippen LogP contribution is 2.29. The van der Waals surface area contributed by atoms with E-state index in [2.05, 4.69) is 20.3 Å². The Morgan fingerprint density at radius 3 is 2.66 bits per heavy atom. The molecule has 1 aromatic heterocycles. The van der Waals surface area contributed by atoms with Crippen LogP contribution in [0.2, 0.25) is 0 Å². The van der Waals surface area contributed by atoms with Gasteiger partial charge in [-0.25, -0.2) is 0 Å². The number of rotatable bonds is 6. The minimum atomic E-state index is -0.244. The van der Waals surface area contributed by atoms with E-state index in [-0.39, 0.29) is 17.9 Å². The second-order valence-electron chi connectivity index (χ2n) is 7.63. The monoisotopic (exact) mass is 397 g/mol. The molecule has 4 rings (SSSR count). The largest absolute Gasteiger partial charge is 0.364 e. The fourth-order valence-corrected chi connectivity index (χ4v) is 3.98. The number of hydrogen-bond donors (Lipinski definition) is 1. The molecule has 2 fully saturated rings. The van der Waals surface area contributed by atoms with Crippen LogP contribution in [0.4, 0.5) is 11.4 Å². The summed E-state index contributed by atoms with van der Waals surface area (Å²) in [5, 5.41) is 7.01. The van der Waals surface area contributed by atoms with Gasteiger partial charge >= 0.3 is 0 Å². The average molecular weight is 397 g/mol. The summed E-state index contributed by atoms with van der Waals surface area (Å²) in [4.78, 5) is 31.3. The van der Waals surface area contributed by atoms with Crippen molar-refractivity contribution in [2.75, 3.05) is 42.9 Å². The zero-order chi connectivity index (χ0) is 20.2. The molecule has 2 aromatic rings. The number of piperazine rings is 1. The predicted molar refractivity (Wildman–Crippen MR) is 109 cm³/mol. The van der Waals surface area contributed by atoms with Gasteiger partial charge in [-0.15, -0.1) is 0 Å². The highest BCUT2D eigenvalue weighted by atomic mass is 16.5. The Morgan fingerprint density at radius 2 is 1.97 bits per heavy atom. The van der Waals surface area contributed by atoms with Crippen molar-refractivity contribution in [1.29, 1.82) is 0 Å². The molecule has 3 heterocycles. The predicted octanol–water partition coefficient (Wildman–Crippen LogP) is 1.95. The second kappa shape index (κ2) is 8.75. The number of nitrogens with zero attached hydrogens (tertiary/aromatic N) is 4. The molecule has 2 aliphatic heterocycles. The van der Waals surface area contributed by atoms with Crippen molar-refractivity contribution >= 4 is 23.2 Å². The Morgan fingerprint density at radius 1 is 1.17 bits per heavy atom. The highest BCUT2D eigenvalue weighted by molar-refractivity contribution is 6.03. The quantitative estimate of drug-likeness (QED) is 0.802. The summed E-state index contributed by atoms with van der Waals surface area (Å²) < 4.78 is 4.89. The molecule has 154 valence electrons. The van der Waals surface area contributed by atoms with E-state index in [9.17, 15) is 9.59 Å². The Kier molecular flexibility index (Phi) is 5.92. The van der Waals surface area contributed by atoms with Crippen LogP contribution in [-0.2, 0) is 16.1 Å². The van der Waals surface area contributed by atoms with Crippen molar-refractivity contribution in [3.8, 4) is 0 Å². The normalized spacial score (nSPS) is 19.5. The zero-order valence-electron chi connectivity index (χ0n) is 16.7. The third-order valence-corrected chi connectivity index (χ3v) is 5.74. The summed E-state index contributed by atoms with van der Waals surface area (Å²) in [7, 11) is 0. The van der Waals surface area contributed by atoms with Crippen LogP contribution in [0.25, 0.3) is 0 Å². The first-order valence-corrected chi connectivity index (χ1v) is 10.2. The number of benzene rings is 1. The van der Waals surface area contributed by atoms with Crippen LogP contribution in [0.3, 0.4) is 0 Å². The molecule has 29 heavy (non-hydrogen) atoms. The summed E-state index contributed by atoms with van der Waals surface area (Å²) in [6, 6.07) is 9.17. The van der Waals surface area contributed by atoms with Crippen molar-refractivity contribution in [1.82, 2.24) is 15.0 Å². The molecule has 0 aliphatic carbocycles. The molecule has 0 saturated carbocycles. The van der Waals surface area contributed by atoms with E-state index in [0.29, 0.717) is 18.7 Å². The highest BCUT2D eigenvalue weighted by Gasteiger charge is 2.28. The number of anilines is 2. The van der Waals surface area contributed by atoms with Crippen LogP contribution >= 0.6 is 0 Å². The molecule has 1 N–H and O–H groups in total. The third kappa shape index (κ3) is 4.49. The maximum absolute atomic E-state index is 12.9. The molecule has 2 amide bonds. The standard InChI is InChI=1S/C21H27N5O3/c1-16(25-12-10-24(11-13-25)15-17-8-14-29-23-17)21(28)22-18-5-2-3-6-19(18)26-9-4-7-20(26)27/h2-3,5-6,8,14,16H,4,7,9-13,15H2,1H3,(H,22,28)/t16-/m1/s1. The molecule has 0 unspecified atom stereocenters. The van der Waals surface area contributed by atoms with Gasteiger partial charge in [-0.05, 0) is 25.5 Å². The maximum Gasteiger partial charge on any atom is 0.241 e. The van der Waals surface area contributed by atoms with Gasteiger partial charge in [-0.1, -0.05) is 17.3 Å². The van der Waals surface area contributed by atoms with E-state index in [1.54, 1.807) is 11.2 Å². The number of nitrogens with one attached hydrogen (secondary N) is 1. The SMILES string of the molecule is C[C@H](C(=O)Nc1ccccc1N1CCCC1=O)N1CCN(Cc2ccon2)CC1. The molecule has 8 nitrogen and oxygen atoms in total. The third-order valence-electron chi connectivity index (χ3n) is 5.74. The van der Waals surface area contributed by atoms with Crippen LogP contribution in [-0.4, -0.2) is 65.5 Å². The molecule has 0 bridgehead atoms. The van der Waals surface area contributed by atoms with Gasteiger partial charge < -0.3 is 14.7 Å². The zero-order valence-corrected chi connectivity index (χ0v) is 16.7. The van der Waals surface area contributed by atoms with Crippen LogP contribution < -0.4 is 10.2 Å². The summed E-state index contributed by atoms with van der Waals surface area (Å²) >= 11 is 0. The molecule has 0 spiro atoms. The number of carbonyl (C=O) groups excluding carboxylic acids is 2. The summed E-state index contributed by atoms with van der Waals surface area (Å²) in [5.74, 6) is 0.0667. The van der Waals surface area contributed by atoms with Crippen molar-refractivity contribution in [3.05, 3.63) is 42.3 Å². The number of carbonyl (C=O) groups is 2. The van der Waals surface area contributed by atoms with Gasteiger partial charge in [0.05, 0.1) is 23.1 Å². The smallest absolute Gasteiger partial charge is 0.241 e. The number of hydrogen-bond acceptors (Lipinski definition) is 6. The topological polar surface area (TPSA) is 81.9 Å². The molecule has 1 atom stereocenters. The lowest BCUT2D eigenvalue weighted by Crippen LogP contribution is -2.52. The fourth-order valence-electron chi connectivity index (χ4n) is 3.98. The van der Waals surface area contributed by atoms with Crippen molar-refractivity contribution in [3.63, 3.8) is 0 Å². The number of para-hydroxylation sites is 2. The van der Waals surface area contributed by atoms with Crippen LogP contribution in [0.15, 0.2) is 41.1 Å². The van der Waals surface area contributed by atoms with E-state index >= 15 is 0 Å². The molecule has 2 aliphatic rings. The van der Waals surface area contributed by atoms with E-state index in [1.807, 2.05) is 37.3 Å². The van der Waals surface area contributed by atoms with E-state index in [0.717, 1.165) is 50.5 Å². The van der Waals surface area contributed by atoms with E-state index in [4.69, 9.17) is 4.52 Å². The van der Waals surface area contributed by atoms with Crippen molar-refractivity contribution < 1.29 is 14.1 Å². The lowest BCUT2D eigenvalue weighted by Gasteiger charge is -2.37. The minimum Gasteiger partial charge on any atom is -0.364 e. The van der Waals surface area contributed by atoms with Crippen molar-refractivity contribution in [2.45, 2.75) is 32.4 Å². The number of aromatic nitrogens is 1. The fraction of sp³-hybridized carbons (Fsp3) is 0.476. The van der Waals surface area contributed by atoms with Gasteiger partial charge in [0.2, 0.25) is 11.8 Å². The maximum atomic E-state index is 12.9. The lowest BCUT2D eigenvalue weighted by molar-refractivity contribution is -0.121. The molecule has 8 heteroatoms. The Hall–Kier alpha value is -2.71. The van der Waals surface area contributed by atoms with Crippen LogP contribution in [0.1, 0.15) is 25.5 Å². The van der Waals surface area contributed by atoms with Gasteiger partial charge in [0.25, 0.3) is 0 Å². The summed E-state index contributed by atoms with van der Waals surface area (Å²) in [6.45, 7) is 6.80. The lowest BCUT2D eigenvalue weighted by atomic mass is 10.2. The van der Waals surface area contributed by atoms with Gasteiger partial charge in [0.1, 0.15) is 6.26 Å².